The van der Waals surface area contributed by atoms with Gasteiger partial charge < -0.3 is 4.74 Å². The molecule has 2 nitrogen and oxygen atoms in total. The average molecular weight is 208 g/mol. The molecule has 0 atom stereocenters. The quantitative estimate of drug-likeness (QED) is 0.561. The van der Waals surface area contributed by atoms with Gasteiger partial charge in [0.15, 0.2) is 0 Å². The third kappa shape index (κ3) is 3.94. The van der Waals surface area contributed by atoms with Crippen molar-refractivity contribution in [3.8, 4) is 0 Å². The fourth-order valence-electron chi connectivity index (χ4n) is 1.02. The first kappa shape index (κ1) is 11.4. The van der Waals surface area contributed by atoms with E-state index in [4.69, 9.17) is 4.74 Å². The Morgan fingerprint density at radius 3 is 2.87 bits per heavy atom. The zero-order valence-corrected chi connectivity index (χ0v) is 8.57. The van der Waals surface area contributed by atoms with Gasteiger partial charge in [-0.05, 0) is 18.6 Å². The Labute approximate surface area is 88.4 Å². The first-order valence-electron chi connectivity index (χ1n) is 4.83. The summed E-state index contributed by atoms with van der Waals surface area (Å²) >= 11 is 0. The van der Waals surface area contributed by atoms with Crippen LogP contribution in [0, 0.1) is 5.82 Å². The van der Waals surface area contributed by atoms with Gasteiger partial charge in [-0.25, -0.2) is 9.18 Å². The van der Waals surface area contributed by atoms with Gasteiger partial charge in [-0.1, -0.05) is 25.1 Å². The Hall–Kier alpha value is -1.64. The first-order valence-corrected chi connectivity index (χ1v) is 4.83. The van der Waals surface area contributed by atoms with Crippen molar-refractivity contribution in [1.82, 2.24) is 0 Å². The van der Waals surface area contributed by atoms with Crippen LogP contribution in [0.25, 0.3) is 6.08 Å². The Balaban J connectivity index is 2.58. The Morgan fingerprint density at radius 1 is 1.47 bits per heavy atom. The van der Waals surface area contributed by atoms with E-state index >= 15 is 0 Å². The predicted octanol–water partition coefficient (Wildman–Crippen LogP) is 2.79. The van der Waals surface area contributed by atoms with Gasteiger partial charge in [0.05, 0.1) is 6.61 Å². The molecule has 0 radical (unpaired) electrons. The molecule has 0 spiro atoms. The Kier molecular flexibility index (Phi) is 4.54. The van der Waals surface area contributed by atoms with E-state index in [9.17, 15) is 9.18 Å². The second-order valence-electron chi connectivity index (χ2n) is 3.02. The van der Waals surface area contributed by atoms with Crippen LogP contribution in [0.3, 0.4) is 0 Å². The highest BCUT2D eigenvalue weighted by molar-refractivity contribution is 5.87. The van der Waals surface area contributed by atoms with E-state index in [-0.39, 0.29) is 5.82 Å². The molecule has 0 heterocycles. The Bertz CT molecular complexity index is 358. The van der Waals surface area contributed by atoms with Crippen molar-refractivity contribution >= 4 is 12.0 Å². The number of rotatable bonds is 4. The molecule has 0 saturated heterocycles. The number of carbonyl (C=O) groups excluding carboxylic acids is 1. The fourth-order valence-corrected chi connectivity index (χ4v) is 1.02. The van der Waals surface area contributed by atoms with Gasteiger partial charge >= 0.3 is 5.97 Å². The molecule has 0 bridgehead atoms. The minimum Gasteiger partial charge on any atom is -0.463 e. The zero-order valence-electron chi connectivity index (χ0n) is 8.57. The number of hydrogen-bond donors (Lipinski definition) is 0. The van der Waals surface area contributed by atoms with Crippen LogP contribution < -0.4 is 0 Å². The fraction of sp³-hybridized carbons (Fsp3) is 0.250. The summed E-state index contributed by atoms with van der Waals surface area (Å²) in [6.45, 7) is 2.30. The third-order valence-electron chi connectivity index (χ3n) is 1.75. The van der Waals surface area contributed by atoms with E-state index in [0.29, 0.717) is 12.2 Å². The minimum atomic E-state index is -0.444. The standard InChI is InChI=1S/C12H13FO2/c1-2-9-15-12(14)8-7-10-5-3-4-6-11(10)13/h3-8H,2,9H2,1H3. The molecule has 80 valence electrons. The molecular weight excluding hydrogens is 195 g/mol. The van der Waals surface area contributed by atoms with Crippen LogP contribution >= 0.6 is 0 Å². The lowest BCUT2D eigenvalue weighted by atomic mass is 10.2. The normalized spacial score (nSPS) is 10.5. The molecule has 0 fully saturated rings. The summed E-state index contributed by atoms with van der Waals surface area (Å²) in [5.74, 6) is -0.794. The molecule has 0 aliphatic carbocycles. The second kappa shape index (κ2) is 5.96. The highest BCUT2D eigenvalue weighted by Crippen LogP contribution is 2.08. The molecule has 15 heavy (non-hydrogen) atoms. The van der Waals surface area contributed by atoms with E-state index in [2.05, 4.69) is 0 Å². The van der Waals surface area contributed by atoms with Crippen LogP contribution in [-0.2, 0) is 9.53 Å². The van der Waals surface area contributed by atoms with Crippen molar-refractivity contribution < 1.29 is 13.9 Å². The van der Waals surface area contributed by atoms with E-state index in [1.54, 1.807) is 18.2 Å². The van der Waals surface area contributed by atoms with Crippen LogP contribution in [0.15, 0.2) is 30.3 Å². The molecule has 0 unspecified atom stereocenters. The van der Waals surface area contributed by atoms with Crippen molar-refractivity contribution in [2.75, 3.05) is 6.61 Å². The number of carbonyl (C=O) groups is 1. The molecule has 1 aromatic rings. The highest BCUT2D eigenvalue weighted by atomic mass is 19.1. The van der Waals surface area contributed by atoms with Crippen LogP contribution in [0.1, 0.15) is 18.9 Å². The van der Waals surface area contributed by atoms with Gasteiger partial charge in [-0.2, -0.15) is 0 Å². The Morgan fingerprint density at radius 2 is 2.20 bits per heavy atom. The lowest BCUT2D eigenvalue weighted by Crippen LogP contribution is -2.00. The molecule has 0 aliphatic rings. The molecule has 0 amide bonds. The highest BCUT2D eigenvalue weighted by Gasteiger charge is 1.98. The van der Waals surface area contributed by atoms with E-state index < -0.39 is 5.97 Å². The maximum absolute atomic E-state index is 13.1. The van der Waals surface area contributed by atoms with Crippen LogP contribution in [0.4, 0.5) is 4.39 Å². The van der Waals surface area contributed by atoms with Gasteiger partial charge in [0.2, 0.25) is 0 Å². The summed E-state index contributed by atoms with van der Waals surface area (Å²) in [5, 5.41) is 0. The lowest BCUT2D eigenvalue weighted by Gasteiger charge is -1.98. The van der Waals surface area contributed by atoms with Crippen LogP contribution in [0.5, 0.6) is 0 Å². The third-order valence-corrected chi connectivity index (χ3v) is 1.75. The largest absolute Gasteiger partial charge is 0.463 e. The zero-order chi connectivity index (χ0) is 11.1. The number of hydrogen-bond acceptors (Lipinski definition) is 2. The summed E-state index contributed by atoms with van der Waals surface area (Å²) in [6, 6.07) is 6.25. The second-order valence-corrected chi connectivity index (χ2v) is 3.02. The van der Waals surface area contributed by atoms with Crippen LogP contribution in [-0.4, -0.2) is 12.6 Å². The first-order chi connectivity index (χ1) is 7.24. The summed E-state index contributed by atoms with van der Waals surface area (Å²) < 4.78 is 17.9. The van der Waals surface area contributed by atoms with E-state index in [0.717, 1.165) is 6.42 Å². The molecular formula is C12H13FO2. The van der Waals surface area contributed by atoms with Gasteiger partial charge in [0, 0.05) is 11.6 Å². The summed E-state index contributed by atoms with van der Waals surface area (Å²) in [5.41, 5.74) is 0.381. The summed E-state index contributed by atoms with van der Waals surface area (Å²) in [7, 11) is 0. The van der Waals surface area contributed by atoms with Crippen LogP contribution in [0.2, 0.25) is 0 Å². The summed E-state index contributed by atoms with van der Waals surface area (Å²) in [4.78, 5) is 11.1. The van der Waals surface area contributed by atoms with Gasteiger partial charge in [-0.3, -0.25) is 0 Å². The molecule has 0 N–H and O–H groups in total. The lowest BCUT2D eigenvalue weighted by molar-refractivity contribution is -0.137. The molecule has 0 aliphatic heterocycles. The maximum Gasteiger partial charge on any atom is 0.330 e. The molecule has 1 rings (SSSR count). The average Bonchev–Trinajstić information content (AvgIpc) is 2.25. The van der Waals surface area contributed by atoms with E-state index in [1.807, 2.05) is 6.92 Å². The summed E-state index contributed by atoms with van der Waals surface area (Å²) in [6.07, 6.45) is 3.42. The molecule has 3 heteroatoms. The van der Waals surface area contributed by atoms with Gasteiger partial charge in [0.1, 0.15) is 5.82 Å². The van der Waals surface area contributed by atoms with Crippen molar-refractivity contribution in [3.05, 3.63) is 41.7 Å². The van der Waals surface area contributed by atoms with Crippen molar-refractivity contribution in [2.24, 2.45) is 0 Å². The van der Waals surface area contributed by atoms with Crippen molar-refractivity contribution in [3.63, 3.8) is 0 Å². The number of ether oxygens (including phenoxy) is 1. The number of halogens is 1. The van der Waals surface area contributed by atoms with Crippen molar-refractivity contribution in [1.29, 1.82) is 0 Å². The minimum absolute atomic E-state index is 0.350. The molecule has 1 aromatic carbocycles. The van der Waals surface area contributed by atoms with Gasteiger partial charge in [-0.15, -0.1) is 0 Å². The number of esters is 1. The maximum atomic E-state index is 13.1. The number of benzene rings is 1. The smallest absolute Gasteiger partial charge is 0.330 e. The topological polar surface area (TPSA) is 26.3 Å². The van der Waals surface area contributed by atoms with E-state index in [1.165, 1.54) is 18.2 Å². The molecule has 0 aromatic heterocycles. The van der Waals surface area contributed by atoms with Gasteiger partial charge in [0.25, 0.3) is 0 Å². The monoisotopic (exact) mass is 208 g/mol. The molecule has 0 saturated carbocycles. The predicted molar refractivity (Wildman–Crippen MR) is 56.7 cm³/mol. The van der Waals surface area contributed by atoms with Crippen molar-refractivity contribution in [2.45, 2.75) is 13.3 Å². The SMILES string of the molecule is CCCOC(=O)C=Cc1ccccc1F.